The number of ether oxygens (including phenoxy) is 3. The van der Waals surface area contributed by atoms with Crippen LogP contribution in [-0.2, 0) is 4.74 Å². The minimum atomic E-state index is -0.698. The Kier molecular flexibility index (Phi) is 6.15. The van der Waals surface area contributed by atoms with Crippen molar-refractivity contribution in [1.82, 2.24) is 0 Å². The van der Waals surface area contributed by atoms with Crippen molar-refractivity contribution in [3.8, 4) is 11.5 Å². The molecule has 0 heterocycles. The Labute approximate surface area is 154 Å². The lowest BCUT2D eigenvalue weighted by atomic mass is 10.1. The van der Waals surface area contributed by atoms with Crippen LogP contribution in [0.1, 0.15) is 10.4 Å². The van der Waals surface area contributed by atoms with E-state index in [1.807, 2.05) is 0 Å². The molecule has 0 aromatic heterocycles. The number of nitro benzene ring substituents is 1. The number of nitrogens with zero attached hydrogens (tertiary/aromatic N) is 1. The molecule has 0 atom stereocenters. The van der Waals surface area contributed by atoms with Crippen LogP contribution in [0.25, 0.3) is 0 Å². The quantitative estimate of drug-likeness (QED) is 0.586. The van der Waals surface area contributed by atoms with Crippen LogP contribution in [0.2, 0.25) is 0 Å². The van der Waals surface area contributed by atoms with Crippen molar-refractivity contribution < 1.29 is 28.7 Å². The van der Waals surface area contributed by atoms with Crippen molar-refractivity contribution in [2.75, 3.05) is 32.0 Å². The lowest BCUT2D eigenvalue weighted by Gasteiger charge is -2.11. The first-order chi connectivity index (χ1) is 12.9. The molecule has 10 nitrogen and oxygen atoms in total. The second-order valence-corrected chi connectivity index (χ2v) is 5.13. The Morgan fingerprint density at radius 2 is 1.44 bits per heavy atom. The third-order valence-corrected chi connectivity index (χ3v) is 3.52. The van der Waals surface area contributed by atoms with E-state index < -0.39 is 22.6 Å². The summed E-state index contributed by atoms with van der Waals surface area (Å²) in [6.45, 7) is 0. The summed E-state index contributed by atoms with van der Waals surface area (Å²) in [5, 5.41) is 16.3. The van der Waals surface area contributed by atoms with E-state index in [2.05, 4.69) is 15.4 Å². The molecule has 10 heteroatoms. The summed E-state index contributed by atoms with van der Waals surface area (Å²) in [6, 6.07) is 8.48. The maximum Gasteiger partial charge on any atom is 0.411 e. The van der Waals surface area contributed by atoms with E-state index in [0.29, 0.717) is 11.4 Å². The Morgan fingerprint density at radius 3 is 1.93 bits per heavy atom. The molecule has 0 saturated heterocycles. The zero-order valence-corrected chi connectivity index (χ0v) is 14.8. The third-order valence-electron chi connectivity index (χ3n) is 3.52. The molecule has 142 valence electrons. The van der Waals surface area contributed by atoms with Crippen LogP contribution in [0, 0.1) is 10.1 Å². The zero-order chi connectivity index (χ0) is 20.0. The molecule has 0 aliphatic heterocycles. The summed E-state index contributed by atoms with van der Waals surface area (Å²) in [6.07, 6.45) is -0.632. The number of nitrogens with one attached hydrogen (secondary N) is 2. The van der Waals surface area contributed by atoms with E-state index in [0.717, 1.165) is 6.07 Å². The largest absolute Gasteiger partial charge is 0.493 e. The first-order valence-corrected chi connectivity index (χ1v) is 7.56. The number of hydrogen-bond donors (Lipinski definition) is 2. The average Bonchev–Trinajstić information content (AvgIpc) is 2.67. The predicted octanol–water partition coefficient (Wildman–Crippen LogP) is 3.04. The topological polar surface area (TPSA) is 129 Å². The molecular formula is C17H17N3O7. The fraction of sp³-hybridized carbons (Fsp3) is 0.176. The lowest BCUT2D eigenvalue weighted by molar-refractivity contribution is -0.385. The maximum absolute atomic E-state index is 12.5. The molecule has 0 saturated carbocycles. The molecule has 2 N–H and O–H groups in total. The van der Waals surface area contributed by atoms with E-state index >= 15 is 0 Å². The number of methoxy groups -OCH3 is 3. The van der Waals surface area contributed by atoms with Gasteiger partial charge in [-0.05, 0) is 24.3 Å². The molecule has 0 unspecified atom stereocenters. The number of rotatable bonds is 6. The second kappa shape index (κ2) is 8.52. The van der Waals surface area contributed by atoms with Crippen molar-refractivity contribution in [2.24, 2.45) is 0 Å². The highest BCUT2D eigenvalue weighted by atomic mass is 16.6. The van der Waals surface area contributed by atoms with Gasteiger partial charge in [0.25, 0.3) is 11.6 Å². The molecule has 2 aromatic rings. The van der Waals surface area contributed by atoms with Gasteiger partial charge in [0.2, 0.25) is 0 Å². The minimum Gasteiger partial charge on any atom is -0.493 e. The smallest absolute Gasteiger partial charge is 0.411 e. The van der Waals surface area contributed by atoms with Crippen molar-refractivity contribution in [2.45, 2.75) is 0 Å². The van der Waals surface area contributed by atoms with Crippen LogP contribution in [0.4, 0.5) is 21.9 Å². The fourth-order valence-electron chi connectivity index (χ4n) is 2.21. The summed E-state index contributed by atoms with van der Waals surface area (Å²) in [7, 11) is 3.93. The van der Waals surface area contributed by atoms with Crippen molar-refractivity contribution in [3.63, 3.8) is 0 Å². The fourth-order valence-corrected chi connectivity index (χ4v) is 2.21. The highest BCUT2D eigenvalue weighted by Crippen LogP contribution is 2.34. The van der Waals surface area contributed by atoms with Gasteiger partial charge in [0.1, 0.15) is 5.56 Å². The number of hydrogen-bond acceptors (Lipinski definition) is 7. The molecule has 0 aliphatic carbocycles. The van der Waals surface area contributed by atoms with Gasteiger partial charge in [0.15, 0.2) is 11.5 Å². The molecule has 2 rings (SSSR count). The van der Waals surface area contributed by atoms with E-state index in [4.69, 9.17) is 9.47 Å². The van der Waals surface area contributed by atoms with Gasteiger partial charge in [0, 0.05) is 17.4 Å². The van der Waals surface area contributed by atoms with Crippen LogP contribution < -0.4 is 20.1 Å². The van der Waals surface area contributed by atoms with Crippen LogP contribution in [0.15, 0.2) is 36.4 Å². The number of nitro groups is 1. The van der Waals surface area contributed by atoms with E-state index in [1.54, 1.807) is 0 Å². The average molecular weight is 375 g/mol. The molecule has 0 bridgehead atoms. The van der Waals surface area contributed by atoms with Gasteiger partial charge in [-0.25, -0.2) is 4.79 Å². The van der Waals surface area contributed by atoms with Gasteiger partial charge in [-0.1, -0.05) is 0 Å². The minimum absolute atomic E-state index is 0.138. The van der Waals surface area contributed by atoms with Crippen LogP contribution in [-0.4, -0.2) is 38.3 Å². The Morgan fingerprint density at radius 1 is 0.926 bits per heavy atom. The van der Waals surface area contributed by atoms with Crippen molar-refractivity contribution in [1.29, 1.82) is 0 Å². The number of benzene rings is 2. The zero-order valence-electron chi connectivity index (χ0n) is 14.8. The lowest BCUT2D eigenvalue weighted by Crippen LogP contribution is -2.15. The summed E-state index contributed by atoms with van der Waals surface area (Å²) >= 11 is 0. The normalized spacial score (nSPS) is 9.89. The van der Waals surface area contributed by atoms with Gasteiger partial charge in [0.05, 0.1) is 32.3 Å². The molecule has 0 aliphatic rings. The first kappa shape index (κ1) is 19.5. The van der Waals surface area contributed by atoms with Gasteiger partial charge in [-0.2, -0.15) is 0 Å². The SMILES string of the molecule is COC(=O)Nc1ccc(NC(=O)c2cc(OC)c(OC)cc2[N+](=O)[O-])cc1. The van der Waals surface area contributed by atoms with Crippen molar-refractivity contribution >= 4 is 29.1 Å². The van der Waals surface area contributed by atoms with E-state index in [-0.39, 0.29) is 17.1 Å². The first-order valence-electron chi connectivity index (χ1n) is 7.56. The number of amides is 2. The second-order valence-electron chi connectivity index (χ2n) is 5.13. The van der Waals surface area contributed by atoms with Gasteiger partial charge >= 0.3 is 6.09 Å². The highest BCUT2D eigenvalue weighted by molar-refractivity contribution is 6.07. The number of carbonyl (C=O) groups excluding carboxylic acids is 2. The van der Waals surface area contributed by atoms with E-state index in [9.17, 15) is 19.7 Å². The Hall–Kier alpha value is -3.82. The Balaban J connectivity index is 2.27. The third kappa shape index (κ3) is 4.63. The standard InChI is InChI=1S/C17H17N3O7/c1-25-14-8-12(13(20(23)24)9-15(14)26-2)16(21)18-10-4-6-11(7-5-10)19-17(22)27-3/h4-9H,1-3H3,(H,18,21)(H,19,22). The highest BCUT2D eigenvalue weighted by Gasteiger charge is 2.24. The summed E-state index contributed by atoms with van der Waals surface area (Å²) < 4.78 is 14.6. The molecule has 2 aromatic carbocycles. The van der Waals surface area contributed by atoms with Gasteiger partial charge in [-0.3, -0.25) is 20.2 Å². The van der Waals surface area contributed by atoms with E-state index in [1.165, 1.54) is 51.7 Å². The monoisotopic (exact) mass is 375 g/mol. The molecular weight excluding hydrogens is 358 g/mol. The van der Waals surface area contributed by atoms with Crippen LogP contribution in [0.5, 0.6) is 11.5 Å². The molecule has 2 amide bonds. The number of carbonyl (C=O) groups is 2. The predicted molar refractivity (Wildman–Crippen MR) is 96.6 cm³/mol. The summed E-state index contributed by atoms with van der Waals surface area (Å²) in [5.74, 6) is -0.374. The van der Waals surface area contributed by atoms with Crippen LogP contribution >= 0.6 is 0 Å². The van der Waals surface area contributed by atoms with Crippen molar-refractivity contribution in [3.05, 3.63) is 52.1 Å². The maximum atomic E-state index is 12.5. The molecule has 0 spiro atoms. The van der Waals surface area contributed by atoms with Gasteiger partial charge in [-0.15, -0.1) is 0 Å². The Bertz CT molecular complexity index is 866. The number of anilines is 2. The van der Waals surface area contributed by atoms with Gasteiger partial charge < -0.3 is 19.5 Å². The summed E-state index contributed by atoms with van der Waals surface area (Å²) in [5.41, 5.74) is 0.222. The summed E-state index contributed by atoms with van der Waals surface area (Å²) in [4.78, 5) is 34.3. The molecule has 27 heavy (non-hydrogen) atoms. The molecule has 0 radical (unpaired) electrons. The molecule has 0 fully saturated rings. The van der Waals surface area contributed by atoms with Crippen LogP contribution in [0.3, 0.4) is 0 Å².